The molecular weight excluding hydrogens is 669 g/mol. The monoisotopic (exact) mass is 684 g/mol. The summed E-state index contributed by atoms with van der Waals surface area (Å²) in [5.74, 6) is -0.544. The standard InChI is InChI=1S/C28H18N4O10S3.3Li/c1-29-18-4-2-16(3-5-18)28(33)30-25-10-11-26(24-14-20(43(34,35)36)7-9-23(24)25)32-31-19-6-8-22-17(12-19)13-21(44(37,38)39)15-27(22)45(40,41)42;;;/h2-15H,(H,30,33)(H,34,35,36)(H,37,38,39)(H,40,41,42);;;/q;3*+1/p-3. The fourth-order valence-electron chi connectivity index (χ4n) is 4.37. The Morgan fingerprint density at radius 3 is 1.85 bits per heavy atom. The molecule has 5 aromatic rings. The van der Waals surface area contributed by atoms with Crippen molar-refractivity contribution in [3.05, 3.63) is 102 Å². The quantitative estimate of drug-likeness (QED) is 0.0755. The number of benzene rings is 5. The van der Waals surface area contributed by atoms with E-state index in [9.17, 15) is 43.7 Å². The van der Waals surface area contributed by atoms with E-state index in [1.54, 1.807) is 0 Å². The van der Waals surface area contributed by atoms with Gasteiger partial charge in [0.15, 0.2) is 5.69 Å². The number of nitrogens with one attached hydrogen (secondary N) is 1. The van der Waals surface area contributed by atoms with Gasteiger partial charge in [-0.3, -0.25) is 4.79 Å². The number of rotatable bonds is 7. The number of hydrogen-bond acceptors (Lipinski definition) is 12. The van der Waals surface area contributed by atoms with Gasteiger partial charge in [0.05, 0.1) is 32.6 Å². The fraction of sp³-hybridized carbons (Fsp3) is 0. The third-order valence-electron chi connectivity index (χ3n) is 6.46. The molecule has 0 radical (unpaired) electrons. The second-order valence-corrected chi connectivity index (χ2v) is 13.4. The normalized spacial score (nSPS) is 11.6. The molecule has 0 aliphatic carbocycles. The van der Waals surface area contributed by atoms with Crippen molar-refractivity contribution in [3.8, 4) is 0 Å². The Balaban J connectivity index is 0.00000267. The van der Waals surface area contributed by atoms with Gasteiger partial charge in [-0.1, -0.05) is 36.4 Å². The Hall–Kier alpha value is -3.30. The maximum Gasteiger partial charge on any atom is 1.00 e. The van der Waals surface area contributed by atoms with Crippen LogP contribution in [0.25, 0.3) is 26.4 Å². The van der Waals surface area contributed by atoms with Crippen molar-refractivity contribution < 1.29 is 100 Å². The Labute approximate surface area is 310 Å². The molecule has 0 fully saturated rings. The van der Waals surface area contributed by atoms with Crippen LogP contribution in [-0.2, 0) is 30.4 Å². The molecule has 5 aromatic carbocycles. The fourth-order valence-corrected chi connectivity index (χ4v) is 6.20. The van der Waals surface area contributed by atoms with E-state index in [4.69, 9.17) is 6.57 Å². The maximum atomic E-state index is 12.9. The van der Waals surface area contributed by atoms with E-state index in [2.05, 4.69) is 20.4 Å². The Morgan fingerprint density at radius 2 is 1.27 bits per heavy atom. The van der Waals surface area contributed by atoms with Gasteiger partial charge in [-0.2, -0.15) is 5.11 Å². The van der Waals surface area contributed by atoms with E-state index in [0.29, 0.717) is 11.8 Å². The zero-order valence-corrected chi connectivity index (χ0v) is 27.7. The minimum absolute atomic E-state index is 0. The Kier molecular flexibility index (Phi) is 13.2. The summed E-state index contributed by atoms with van der Waals surface area (Å²) in [6.45, 7) is 7.04. The summed E-state index contributed by atoms with van der Waals surface area (Å²) in [4.78, 5) is 13.7. The maximum absolute atomic E-state index is 12.9. The van der Waals surface area contributed by atoms with E-state index < -0.39 is 50.9 Å². The van der Waals surface area contributed by atoms with Crippen LogP contribution in [0.1, 0.15) is 10.4 Å². The number of nitrogens with zero attached hydrogens (tertiary/aromatic N) is 3. The van der Waals surface area contributed by atoms with Crippen LogP contribution in [-0.4, -0.2) is 44.8 Å². The predicted octanol–water partition coefficient (Wildman–Crippen LogP) is -4.06. The summed E-state index contributed by atoms with van der Waals surface area (Å²) >= 11 is 0. The summed E-state index contributed by atoms with van der Waals surface area (Å²) < 4.78 is 105. The predicted molar refractivity (Wildman–Crippen MR) is 157 cm³/mol. The molecule has 0 aliphatic heterocycles. The van der Waals surface area contributed by atoms with E-state index in [1.165, 1.54) is 60.7 Å². The van der Waals surface area contributed by atoms with Crippen LogP contribution in [0.15, 0.2) is 110 Å². The van der Waals surface area contributed by atoms with Gasteiger partial charge in [-0.05, 0) is 59.3 Å². The van der Waals surface area contributed by atoms with Crippen LogP contribution in [0, 0.1) is 6.57 Å². The van der Waals surface area contributed by atoms with Crippen LogP contribution in [0.2, 0.25) is 0 Å². The summed E-state index contributed by atoms with van der Waals surface area (Å²) in [5.41, 5.74) is 0.833. The molecule has 5 rings (SSSR count). The molecule has 0 saturated carbocycles. The molecular formula is C28H15Li3N4O10S3. The Morgan fingerprint density at radius 1 is 0.646 bits per heavy atom. The zero-order valence-electron chi connectivity index (χ0n) is 25.2. The summed E-state index contributed by atoms with van der Waals surface area (Å²) in [6, 6.07) is 17.0. The van der Waals surface area contributed by atoms with E-state index in [0.717, 1.165) is 18.2 Å². The smallest absolute Gasteiger partial charge is 0.744 e. The molecule has 0 aromatic heterocycles. The van der Waals surface area contributed by atoms with Gasteiger partial charge < -0.3 is 19.0 Å². The van der Waals surface area contributed by atoms with E-state index in [-0.39, 0.29) is 101 Å². The van der Waals surface area contributed by atoms with Crippen molar-refractivity contribution in [2.45, 2.75) is 14.7 Å². The minimum Gasteiger partial charge on any atom is -0.744 e. The molecule has 228 valence electrons. The van der Waals surface area contributed by atoms with E-state index in [1.807, 2.05) is 0 Å². The SMILES string of the molecule is [C-]#[N+]c1ccc(C(=O)Nc2ccc(N=Nc3ccc4c(S(=O)(=O)[O-])cc(S(=O)(=O)[O-])cc4c3)c3cc(S(=O)(=O)[O-])ccc23)cc1.[Li+].[Li+].[Li+]. The molecule has 0 bridgehead atoms. The number of hydrogen-bond donors (Lipinski definition) is 1. The molecule has 20 heteroatoms. The third kappa shape index (κ3) is 9.03. The van der Waals surface area contributed by atoms with Gasteiger partial charge in [0.25, 0.3) is 5.91 Å². The van der Waals surface area contributed by atoms with Crippen LogP contribution < -0.4 is 61.9 Å². The van der Waals surface area contributed by atoms with Gasteiger partial charge in [0.1, 0.15) is 30.4 Å². The molecule has 0 aliphatic rings. The third-order valence-corrected chi connectivity index (χ3v) is 8.98. The molecule has 0 heterocycles. The number of amides is 1. The summed E-state index contributed by atoms with van der Waals surface area (Å²) in [6.07, 6.45) is 0. The van der Waals surface area contributed by atoms with Gasteiger partial charge in [-0.15, -0.1) is 5.11 Å². The van der Waals surface area contributed by atoms with Crippen molar-refractivity contribution in [2.24, 2.45) is 10.2 Å². The van der Waals surface area contributed by atoms with Crippen molar-refractivity contribution in [2.75, 3.05) is 5.32 Å². The Bertz CT molecular complexity index is 2470. The first-order valence-electron chi connectivity index (χ1n) is 12.3. The number of carbonyl (C=O) groups excluding carboxylic acids is 1. The number of azo groups is 1. The first-order chi connectivity index (χ1) is 21.0. The summed E-state index contributed by atoms with van der Waals surface area (Å²) in [5, 5.41) is 10.9. The molecule has 48 heavy (non-hydrogen) atoms. The molecule has 0 atom stereocenters. The van der Waals surface area contributed by atoms with Gasteiger partial charge >= 0.3 is 56.6 Å². The number of anilines is 1. The molecule has 1 amide bonds. The van der Waals surface area contributed by atoms with Crippen molar-refractivity contribution in [1.29, 1.82) is 0 Å². The van der Waals surface area contributed by atoms with Gasteiger partial charge in [0, 0.05) is 22.0 Å². The number of fused-ring (bicyclic) bond motifs is 2. The topological polar surface area (TPSA) is 230 Å². The van der Waals surface area contributed by atoms with Crippen molar-refractivity contribution in [3.63, 3.8) is 0 Å². The van der Waals surface area contributed by atoms with Gasteiger partial charge in [-0.25, -0.2) is 30.1 Å². The summed E-state index contributed by atoms with van der Waals surface area (Å²) in [7, 11) is -15.2. The van der Waals surface area contributed by atoms with Crippen LogP contribution in [0.3, 0.4) is 0 Å². The first kappa shape index (κ1) is 40.9. The average molecular weight is 684 g/mol. The number of carbonyl (C=O) groups is 1. The second-order valence-electron chi connectivity index (χ2n) is 9.34. The molecule has 1 N–H and O–H groups in total. The van der Waals surface area contributed by atoms with Crippen molar-refractivity contribution >= 4 is 80.6 Å². The van der Waals surface area contributed by atoms with E-state index >= 15 is 0 Å². The van der Waals surface area contributed by atoms with Crippen LogP contribution in [0.4, 0.5) is 22.7 Å². The molecule has 0 spiro atoms. The average Bonchev–Trinajstić information content (AvgIpc) is 2.98. The second kappa shape index (κ2) is 15.5. The van der Waals surface area contributed by atoms with Crippen molar-refractivity contribution in [1.82, 2.24) is 0 Å². The molecule has 0 saturated heterocycles. The first-order valence-corrected chi connectivity index (χ1v) is 16.5. The van der Waals surface area contributed by atoms with Crippen LogP contribution in [0.5, 0.6) is 0 Å². The minimum atomic E-state index is -5.18. The zero-order chi connectivity index (χ0) is 32.7. The van der Waals surface area contributed by atoms with Gasteiger partial charge in [0.2, 0.25) is 0 Å². The molecule has 14 nitrogen and oxygen atoms in total. The van der Waals surface area contributed by atoms with Crippen LogP contribution >= 0.6 is 0 Å². The molecule has 0 unspecified atom stereocenters. The largest absolute Gasteiger partial charge is 1.00 e.